The van der Waals surface area contributed by atoms with E-state index in [1.807, 2.05) is 7.05 Å². The average Bonchev–Trinajstić information content (AvgIpc) is 2.89. The molecule has 0 bridgehead atoms. The van der Waals surface area contributed by atoms with E-state index in [0.717, 1.165) is 18.8 Å². The Morgan fingerprint density at radius 3 is 2.50 bits per heavy atom. The van der Waals surface area contributed by atoms with E-state index in [-0.39, 0.29) is 5.82 Å². The van der Waals surface area contributed by atoms with Crippen LogP contribution >= 0.6 is 11.6 Å². The van der Waals surface area contributed by atoms with Gasteiger partial charge in [0.2, 0.25) is 0 Å². The van der Waals surface area contributed by atoms with E-state index >= 15 is 0 Å². The second-order valence-corrected chi connectivity index (χ2v) is 6.06. The van der Waals surface area contributed by atoms with E-state index in [9.17, 15) is 9.18 Å². The van der Waals surface area contributed by atoms with Gasteiger partial charge >= 0.3 is 6.09 Å². The number of piperazine rings is 1. The number of aromatic nitrogens is 2. The number of carbonyl (C=O) groups excluding carboxylic acids is 1. The molecular weight excluding hydrogens is 335 g/mol. The Morgan fingerprint density at radius 1 is 1.25 bits per heavy atom. The van der Waals surface area contributed by atoms with E-state index in [1.54, 1.807) is 15.8 Å². The van der Waals surface area contributed by atoms with Crippen LogP contribution in [0.5, 0.6) is 5.75 Å². The van der Waals surface area contributed by atoms with Crippen molar-refractivity contribution in [2.24, 2.45) is 7.05 Å². The van der Waals surface area contributed by atoms with Gasteiger partial charge in [-0.1, -0.05) is 11.6 Å². The maximum Gasteiger partial charge on any atom is 0.415 e. The quantitative estimate of drug-likeness (QED) is 0.851. The Kier molecular flexibility index (Phi) is 5.01. The van der Waals surface area contributed by atoms with Crippen molar-refractivity contribution in [3.05, 3.63) is 47.0 Å². The molecule has 1 aliphatic heterocycles. The lowest BCUT2D eigenvalue weighted by Gasteiger charge is -2.33. The number of aryl methyl sites for hydroxylation is 1. The van der Waals surface area contributed by atoms with E-state index in [2.05, 4.69) is 10.00 Å². The molecule has 0 atom stereocenters. The number of hydrogen-bond acceptors (Lipinski definition) is 4. The highest BCUT2D eigenvalue weighted by Crippen LogP contribution is 2.18. The summed E-state index contributed by atoms with van der Waals surface area (Å²) in [5, 5.41) is 4.77. The van der Waals surface area contributed by atoms with E-state index in [1.165, 1.54) is 24.3 Å². The molecule has 3 rings (SSSR count). The fourth-order valence-corrected chi connectivity index (χ4v) is 2.81. The number of amides is 1. The van der Waals surface area contributed by atoms with E-state index in [0.29, 0.717) is 30.4 Å². The summed E-state index contributed by atoms with van der Waals surface area (Å²) in [6.07, 6.45) is 1.22. The Balaban J connectivity index is 1.51. The number of carbonyl (C=O) groups is 1. The zero-order chi connectivity index (χ0) is 17.1. The molecular formula is C16H18ClFN4O2. The Hall–Kier alpha value is -2.12. The number of rotatable bonds is 3. The highest BCUT2D eigenvalue weighted by molar-refractivity contribution is 6.31. The third-order valence-electron chi connectivity index (χ3n) is 4.03. The number of halogens is 2. The van der Waals surface area contributed by atoms with Crippen molar-refractivity contribution in [1.82, 2.24) is 19.6 Å². The molecule has 0 N–H and O–H groups in total. The molecule has 1 saturated heterocycles. The van der Waals surface area contributed by atoms with Gasteiger partial charge in [-0.25, -0.2) is 9.18 Å². The average molecular weight is 353 g/mol. The first kappa shape index (κ1) is 16.7. The van der Waals surface area contributed by atoms with Gasteiger partial charge in [-0.2, -0.15) is 5.10 Å². The lowest BCUT2D eigenvalue weighted by Crippen LogP contribution is -2.49. The van der Waals surface area contributed by atoms with E-state index < -0.39 is 6.09 Å². The summed E-state index contributed by atoms with van der Waals surface area (Å²) in [6.45, 7) is 3.27. The van der Waals surface area contributed by atoms with Crippen LogP contribution in [0.4, 0.5) is 9.18 Å². The van der Waals surface area contributed by atoms with Crippen LogP contribution in [0.2, 0.25) is 5.02 Å². The molecule has 0 spiro atoms. The summed E-state index contributed by atoms with van der Waals surface area (Å²) in [6, 6.07) is 5.40. The molecule has 1 aromatic heterocycles. The second kappa shape index (κ2) is 7.19. The zero-order valence-electron chi connectivity index (χ0n) is 13.3. The van der Waals surface area contributed by atoms with Crippen molar-refractivity contribution in [3.63, 3.8) is 0 Å². The third-order valence-corrected chi connectivity index (χ3v) is 4.35. The lowest BCUT2D eigenvalue weighted by molar-refractivity contribution is 0.107. The fraction of sp³-hybridized carbons (Fsp3) is 0.375. The minimum atomic E-state index is -0.417. The predicted molar refractivity (Wildman–Crippen MR) is 87.5 cm³/mol. The molecule has 2 aromatic rings. The van der Waals surface area contributed by atoms with Gasteiger partial charge in [0, 0.05) is 39.8 Å². The van der Waals surface area contributed by atoms with Crippen molar-refractivity contribution in [2.75, 3.05) is 26.2 Å². The van der Waals surface area contributed by atoms with Gasteiger partial charge in [0.25, 0.3) is 0 Å². The maximum absolute atomic E-state index is 12.9. The van der Waals surface area contributed by atoms with Crippen molar-refractivity contribution < 1.29 is 13.9 Å². The summed E-state index contributed by atoms with van der Waals surface area (Å²) >= 11 is 6.12. The number of benzene rings is 1. The molecule has 0 saturated carbocycles. The van der Waals surface area contributed by atoms with Crippen LogP contribution in [0.15, 0.2) is 30.5 Å². The number of ether oxygens (including phenoxy) is 1. The summed E-state index contributed by atoms with van der Waals surface area (Å²) in [5.41, 5.74) is 0.957. The normalized spacial score (nSPS) is 15.5. The largest absolute Gasteiger partial charge is 0.415 e. The Labute approximate surface area is 144 Å². The molecule has 1 fully saturated rings. The predicted octanol–water partition coefficient (Wildman–Crippen LogP) is 2.53. The maximum atomic E-state index is 12.9. The van der Waals surface area contributed by atoms with Crippen LogP contribution < -0.4 is 4.74 Å². The highest BCUT2D eigenvalue weighted by atomic mass is 35.5. The van der Waals surface area contributed by atoms with Crippen LogP contribution in [0.1, 0.15) is 5.69 Å². The van der Waals surface area contributed by atoms with Gasteiger partial charge in [-0.05, 0) is 24.3 Å². The van der Waals surface area contributed by atoms with Gasteiger partial charge < -0.3 is 9.64 Å². The Bertz CT molecular complexity index is 692. The van der Waals surface area contributed by atoms with Gasteiger partial charge in [0.1, 0.15) is 11.6 Å². The molecule has 0 unspecified atom stereocenters. The van der Waals surface area contributed by atoms with E-state index in [4.69, 9.17) is 16.3 Å². The van der Waals surface area contributed by atoms with Crippen molar-refractivity contribution in [3.8, 4) is 5.75 Å². The highest BCUT2D eigenvalue weighted by Gasteiger charge is 2.23. The molecule has 24 heavy (non-hydrogen) atoms. The lowest BCUT2D eigenvalue weighted by atomic mass is 10.3. The number of hydrogen-bond donors (Lipinski definition) is 0. The monoisotopic (exact) mass is 352 g/mol. The molecule has 1 aliphatic rings. The minimum absolute atomic E-state index is 0.338. The van der Waals surface area contributed by atoms with Crippen LogP contribution in [0.25, 0.3) is 0 Å². The SMILES string of the molecule is Cn1ncc(Cl)c1CN1CCN(C(=O)Oc2ccc(F)cc2)CC1. The van der Waals surface area contributed by atoms with Crippen LogP contribution in [0.3, 0.4) is 0 Å². The van der Waals surface area contributed by atoms with Crippen LogP contribution in [-0.4, -0.2) is 51.9 Å². The van der Waals surface area contributed by atoms with Gasteiger partial charge in [-0.15, -0.1) is 0 Å². The van der Waals surface area contributed by atoms with Gasteiger partial charge in [0.05, 0.1) is 16.9 Å². The first-order valence-corrected chi connectivity index (χ1v) is 8.02. The molecule has 6 nitrogen and oxygen atoms in total. The summed E-state index contributed by atoms with van der Waals surface area (Å²) in [7, 11) is 1.86. The molecule has 2 heterocycles. The molecule has 0 aliphatic carbocycles. The van der Waals surface area contributed by atoms with Gasteiger partial charge in [0.15, 0.2) is 0 Å². The fourth-order valence-electron chi connectivity index (χ4n) is 2.58. The zero-order valence-corrected chi connectivity index (χ0v) is 14.0. The molecule has 1 amide bonds. The third kappa shape index (κ3) is 3.85. The topological polar surface area (TPSA) is 50.6 Å². The smallest absolute Gasteiger partial charge is 0.410 e. The van der Waals surface area contributed by atoms with Crippen LogP contribution in [-0.2, 0) is 13.6 Å². The molecule has 128 valence electrons. The molecule has 1 aromatic carbocycles. The van der Waals surface area contributed by atoms with Crippen molar-refractivity contribution in [2.45, 2.75) is 6.54 Å². The summed E-state index contributed by atoms with van der Waals surface area (Å²) < 4.78 is 19.9. The standard InChI is InChI=1S/C16H18ClFN4O2/c1-20-15(14(17)10-19-20)11-21-6-8-22(9-7-21)16(23)24-13-4-2-12(18)3-5-13/h2-5,10H,6-9,11H2,1H3. The summed E-state index contributed by atoms with van der Waals surface area (Å²) in [5.74, 6) is -0.0252. The molecule has 8 heteroatoms. The second-order valence-electron chi connectivity index (χ2n) is 5.65. The van der Waals surface area contributed by atoms with Crippen molar-refractivity contribution >= 4 is 17.7 Å². The first-order valence-electron chi connectivity index (χ1n) is 7.64. The summed E-state index contributed by atoms with van der Waals surface area (Å²) in [4.78, 5) is 16.0. The Morgan fingerprint density at radius 2 is 1.92 bits per heavy atom. The first-order chi connectivity index (χ1) is 11.5. The number of nitrogens with zero attached hydrogens (tertiary/aromatic N) is 4. The minimum Gasteiger partial charge on any atom is -0.410 e. The van der Waals surface area contributed by atoms with Crippen LogP contribution in [0, 0.1) is 5.82 Å². The molecule has 0 radical (unpaired) electrons. The van der Waals surface area contributed by atoms with Gasteiger partial charge in [-0.3, -0.25) is 9.58 Å². The van der Waals surface area contributed by atoms with Crippen molar-refractivity contribution in [1.29, 1.82) is 0 Å².